The van der Waals surface area contributed by atoms with E-state index in [1.807, 2.05) is 24.3 Å². The number of anilines is 1. The fraction of sp³-hybridized carbons (Fsp3) is 0.526. The zero-order valence-electron chi connectivity index (χ0n) is 15.1. The summed E-state index contributed by atoms with van der Waals surface area (Å²) in [5.41, 5.74) is 1.74. The van der Waals surface area contributed by atoms with Crippen molar-refractivity contribution in [1.82, 2.24) is 15.1 Å². The van der Waals surface area contributed by atoms with Crippen molar-refractivity contribution in [2.75, 3.05) is 44.2 Å². The summed E-state index contributed by atoms with van der Waals surface area (Å²) < 4.78 is 4.79. The zero-order chi connectivity index (χ0) is 18.8. The Labute approximate surface area is 158 Å². The third-order valence-electron chi connectivity index (χ3n) is 5.59. The van der Waals surface area contributed by atoms with Gasteiger partial charge in [0.15, 0.2) is 0 Å². The summed E-state index contributed by atoms with van der Waals surface area (Å²) in [6.45, 7) is 4.08. The highest BCUT2D eigenvalue weighted by Crippen LogP contribution is 2.27. The van der Waals surface area contributed by atoms with Gasteiger partial charge < -0.3 is 15.0 Å². The molecule has 0 aromatic heterocycles. The first-order valence-electron chi connectivity index (χ1n) is 9.38. The molecule has 0 bridgehead atoms. The number of likely N-dealkylation sites (tertiary alicyclic amines) is 1. The van der Waals surface area contributed by atoms with Crippen LogP contribution in [0.25, 0.3) is 0 Å². The van der Waals surface area contributed by atoms with Crippen molar-refractivity contribution < 1.29 is 14.3 Å². The lowest BCUT2D eigenvalue weighted by atomic mass is 9.96. The third-order valence-corrected chi connectivity index (χ3v) is 5.59. The minimum Gasteiger partial charge on any atom is -0.447 e. The van der Waals surface area contributed by atoms with Gasteiger partial charge in [-0.25, -0.2) is 14.5 Å². The maximum absolute atomic E-state index is 12.1. The number of urea groups is 1. The topological polar surface area (TPSA) is 88.9 Å². The van der Waals surface area contributed by atoms with Crippen molar-refractivity contribution in [1.29, 1.82) is 5.26 Å². The Morgan fingerprint density at radius 3 is 2.59 bits per heavy atom. The zero-order valence-corrected chi connectivity index (χ0v) is 15.1. The Bertz CT molecular complexity index is 763. The first-order valence-corrected chi connectivity index (χ1v) is 9.38. The summed E-state index contributed by atoms with van der Waals surface area (Å²) >= 11 is 0. The molecule has 0 atom stereocenters. The van der Waals surface area contributed by atoms with Gasteiger partial charge in [-0.3, -0.25) is 4.90 Å². The Hall–Kier alpha value is -2.79. The molecule has 27 heavy (non-hydrogen) atoms. The number of imide groups is 1. The van der Waals surface area contributed by atoms with E-state index in [1.54, 1.807) is 0 Å². The van der Waals surface area contributed by atoms with E-state index >= 15 is 0 Å². The van der Waals surface area contributed by atoms with Crippen molar-refractivity contribution in [3.05, 3.63) is 29.8 Å². The first-order chi connectivity index (χ1) is 13.2. The average molecular weight is 369 g/mol. The lowest BCUT2D eigenvalue weighted by Crippen LogP contribution is -2.64. The van der Waals surface area contributed by atoms with Crippen LogP contribution in [-0.2, 0) is 4.74 Å². The normalized spacial score (nSPS) is 21.5. The van der Waals surface area contributed by atoms with Gasteiger partial charge in [0, 0.05) is 32.2 Å². The second-order valence-electron chi connectivity index (χ2n) is 7.21. The van der Waals surface area contributed by atoms with Crippen LogP contribution in [0.15, 0.2) is 24.3 Å². The number of carbonyl (C=O) groups is 2. The van der Waals surface area contributed by atoms with Gasteiger partial charge in [-0.15, -0.1) is 0 Å². The van der Waals surface area contributed by atoms with Crippen LogP contribution in [0.5, 0.6) is 0 Å². The number of piperidine rings is 1. The van der Waals surface area contributed by atoms with E-state index in [2.05, 4.69) is 21.2 Å². The van der Waals surface area contributed by atoms with E-state index in [0.717, 1.165) is 55.2 Å². The summed E-state index contributed by atoms with van der Waals surface area (Å²) in [4.78, 5) is 29.3. The number of para-hydroxylation sites is 1. The molecule has 3 saturated heterocycles. The van der Waals surface area contributed by atoms with Crippen LogP contribution in [0, 0.1) is 11.3 Å². The fourth-order valence-electron chi connectivity index (χ4n) is 4.05. The molecule has 0 saturated carbocycles. The number of rotatable bonds is 3. The van der Waals surface area contributed by atoms with E-state index in [4.69, 9.17) is 4.74 Å². The summed E-state index contributed by atoms with van der Waals surface area (Å²) in [6, 6.07) is 10.2. The first kappa shape index (κ1) is 17.6. The molecular weight excluding hydrogens is 346 g/mol. The van der Waals surface area contributed by atoms with E-state index in [0.29, 0.717) is 12.6 Å². The number of nitrogens with zero attached hydrogens (tertiary/aromatic N) is 4. The van der Waals surface area contributed by atoms with Crippen molar-refractivity contribution >= 4 is 17.8 Å². The maximum atomic E-state index is 12.1. The third kappa shape index (κ3) is 3.55. The van der Waals surface area contributed by atoms with Crippen molar-refractivity contribution in [3.63, 3.8) is 0 Å². The maximum Gasteiger partial charge on any atom is 0.418 e. The number of amides is 3. The number of benzene rings is 1. The van der Waals surface area contributed by atoms with E-state index in [-0.39, 0.29) is 18.7 Å². The van der Waals surface area contributed by atoms with Gasteiger partial charge in [0.1, 0.15) is 12.7 Å². The smallest absolute Gasteiger partial charge is 0.418 e. The molecule has 0 unspecified atom stereocenters. The monoisotopic (exact) mass is 369 g/mol. The predicted molar refractivity (Wildman–Crippen MR) is 98.3 cm³/mol. The Morgan fingerprint density at radius 1 is 1.19 bits per heavy atom. The van der Waals surface area contributed by atoms with E-state index in [9.17, 15) is 14.9 Å². The molecule has 3 aliphatic heterocycles. The number of cyclic esters (lactones) is 1. The number of nitrogens with one attached hydrogen (secondary N) is 1. The lowest BCUT2D eigenvalue weighted by Gasteiger charge is -2.47. The molecule has 8 heteroatoms. The SMILES string of the molecule is N#Cc1ccccc1N1CCC(N2CC(NC(=O)N3CCOC3=O)C2)CC1. The van der Waals surface area contributed by atoms with Crippen LogP contribution >= 0.6 is 0 Å². The average Bonchev–Trinajstić information content (AvgIpc) is 3.10. The van der Waals surface area contributed by atoms with Gasteiger partial charge in [0.25, 0.3) is 0 Å². The molecule has 0 spiro atoms. The quantitative estimate of drug-likeness (QED) is 0.866. The Kier molecular flexibility index (Phi) is 4.86. The molecule has 3 heterocycles. The largest absolute Gasteiger partial charge is 0.447 e. The summed E-state index contributed by atoms with van der Waals surface area (Å²) in [5, 5.41) is 12.2. The molecule has 3 fully saturated rings. The summed E-state index contributed by atoms with van der Waals surface area (Å²) in [6.07, 6.45) is 1.52. The molecule has 0 radical (unpaired) electrons. The molecule has 3 amide bonds. The Morgan fingerprint density at radius 2 is 1.93 bits per heavy atom. The van der Waals surface area contributed by atoms with Gasteiger partial charge in [-0.05, 0) is 25.0 Å². The molecule has 142 valence electrons. The van der Waals surface area contributed by atoms with Gasteiger partial charge >= 0.3 is 12.1 Å². The minimum atomic E-state index is -0.561. The van der Waals surface area contributed by atoms with Crippen molar-refractivity contribution in [2.24, 2.45) is 0 Å². The number of hydrogen-bond acceptors (Lipinski definition) is 6. The Balaban J connectivity index is 1.23. The van der Waals surface area contributed by atoms with Crippen molar-refractivity contribution in [3.8, 4) is 6.07 Å². The van der Waals surface area contributed by atoms with Gasteiger partial charge in [0.2, 0.25) is 0 Å². The molecular formula is C19H23N5O3. The highest BCUT2D eigenvalue weighted by Gasteiger charge is 2.37. The highest BCUT2D eigenvalue weighted by atomic mass is 16.6. The highest BCUT2D eigenvalue weighted by molar-refractivity contribution is 5.92. The van der Waals surface area contributed by atoms with Crippen LogP contribution in [0.4, 0.5) is 15.3 Å². The van der Waals surface area contributed by atoms with Crippen LogP contribution in [0.1, 0.15) is 18.4 Å². The standard InChI is InChI=1S/C19H23N5O3/c20-11-14-3-1-2-4-17(14)22-7-5-16(6-8-22)23-12-15(13-23)21-18(25)24-9-10-27-19(24)26/h1-4,15-16H,5-10,12-13H2,(H,21,25). The molecule has 1 aromatic rings. The predicted octanol–water partition coefficient (Wildman–Crippen LogP) is 1.37. The number of hydrogen-bond donors (Lipinski definition) is 1. The molecule has 3 aliphatic rings. The van der Waals surface area contributed by atoms with Gasteiger partial charge in [0.05, 0.1) is 23.8 Å². The number of ether oxygens (including phenoxy) is 1. The molecule has 0 aliphatic carbocycles. The summed E-state index contributed by atoms with van der Waals surface area (Å²) in [5.74, 6) is 0. The number of nitriles is 1. The molecule has 1 N–H and O–H groups in total. The van der Waals surface area contributed by atoms with E-state index < -0.39 is 6.09 Å². The minimum absolute atomic E-state index is 0.0863. The molecule has 4 rings (SSSR count). The fourth-order valence-corrected chi connectivity index (χ4v) is 4.05. The van der Waals surface area contributed by atoms with Gasteiger partial charge in [-0.1, -0.05) is 12.1 Å². The van der Waals surface area contributed by atoms with E-state index in [1.165, 1.54) is 0 Å². The van der Waals surface area contributed by atoms with Crippen molar-refractivity contribution in [2.45, 2.75) is 24.9 Å². The molecule has 1 aromatic carbocycles. The lowest BCUT2D eigenvalue weighted by molar-refractivity contribution is 0.0647. The second kappa shape index (κ2) is 7.45. The van der Waals surface area contributed by atoms with Crippen LogP contribution in [0.2, 0.25) is 0 Å². The van der Waals surface area contributed by atoms with Crippen LogP contribution < -0.4 is 10.2 Å². The van der Waals surface area contributed by atoms with Gasteiger partial charge in [-0.2, -0.15) is 5.26 Å². The van der Waals surface area contributed by atoms with Crippen LogP contribution in [0.3, 0.4) is 0 Å². The number of carbonyl (C=O) groups excluding carboxylic acids is 2. The molecule has 8 nitrogen and oxygen atoms in total. The van der Waals surface area contributed by atoms with Crippen LogP contribution in [-0.4, -0.2) is 73.3 Å². The summed E-state index contributed by atoms with van der Waals surface area (Å²) in [7, 11) is 0. The second-order valence-corrected chi connectivity index (χ2v) is 7.21.